The van der Waals surface area contributed by atoms with E-state index >= 15 is 0 Å². The molecule has 227 valence electrons. The zero-order valence-corrected chi connectivity index (χ0v) is 31.3. The van der Waals surface area contributed by atoms with Crippen LogP contribution < -0.4 is 0 Å². The zero-order valence-electron chi connectivity index (χ0n) is 28.8. The standard InChI is InChI=1S/C23H28GeN.C13H24O2.Ir/c1-16(2)22-12-19(11-18-9-7-8-10-21(18)22)23-13-20(14-24(4,5)6)17(3)15-25-23;1-5-10(6-2)12(14)9-13(15)11(7-3)8-4;/h7-10,12-13,15-16H,14H2,1-6H3;9-11,14H,5-8H2,1-4H3;/q-1;;/b;12-9-;/i14D2;;. The van der Waals surface area contributed by atoms with Crippen LogP contribution in [0, 0.1) is 24.8 Å². The van der Waals surface area contributed by atoms with Gasteiger partial charge in [0.25, 0.3) is 0 Å². The molecule has 0 saturated heterocycles. The van der Waals surface area contributed by atoms with Crippen LogP contribution in [0.4, 0.5) is 0 Å². The molecule has 0 amide bonds. The van der Waals surface area contributed by atoms with E-state index in [0.29, 0.717) is 5.92 Å². The van der Waals surface area contributed by atoms with Crippen LogP contribution in [-0.4, -0.2) is 29.1 Å². The van der Waals surface area contributed by atoms with Crippen molar-refractivity contribution in [2.75, 3.05) is 0 Å². The van der Waals surface area contributed by atoms with Crippen LogP contribution in [0.3, 0.4) is 0 Å². The van der Waals surface area contributed by atoms with Crippen LogP contribution in [0.15, 0.2) is 54.4 Å². The van der Waals surface area contributed by atoms with Gasteiger partial charge in [-0.2, -0.15) is 0 Å². The number of hydrogen-bond acceptors (Lipinski definition) is 3. The van der Waals surface area contributed by atoms with Gasteiger partial charge in [-0.1, -0.05) is 27.7 Å². The number of aliphatic hydroxyl groups excluding tert-OH is 1. The summed E-state index contributed by atoms with van der Waals surface area (Å²) < 4.78 is 17.5. The molecule has 3 rings (SSSR count). The molecule has 0 aliphatic carbocycles. The molecule has 0 spiro atoms. The van der Waals surface area contributed by atoms with Crippen molar-refractivity contribution in [1.82, 2.24) is 4.98 Å². The molecule has 0 unspecified atom stereocenters. The molecule has 1 aromatic heterocycles. The number of allylic oxidation sites excluding steroid dienone is 2. The van der Waals surface area contributed by atoms with Crippen LogP contribution in [0.25, 0.3) is 22.0 Å². The number of aromatic nitrogens is 1. The Bertz CT molecular complexity index is 1370. The molecule has 0 atom stereocenters. The Morgan fingerprint density at radius 3 is 2.15 bits per heavy atom. The van der Waals surface area contributed by atoms with Crippen LogP contribution in [0.5, 0.6) is 0 Å². The maximum absolute atomic E-state index is 11.7. The number of nitrogens with zero attached hydrogens (tertiary/aromatic N) is 1. The molecule has 3 nitrogen and oxygen atoms in total. The molecule has 41 heavy (non-hydrogen) atoms. The fourth-order valence-corrected chi connectivity index (χ4v) is 7.12. The van der Waals surface area contributed by atoms with E-state index in [-0.39, 0.29) is 43.5 Å². The molecule has 0 aliphatic rings. The second-order valence-corrected chi connectivity index (χ2v) is 22.1. The summed E-state index contributed by atoms with van der Waals surface area (Å²) in [7, 11) is 0. The van der Waals surface area contributed by atoms with Crippen molar-refractivity contribution in [3.63, 3.8) is 0 Å². The molecule has 1 radical (unpaired) electrons. The van der Waals surface area contributed by atoms with E-state index in [1.807, 2.05) is 52.9 Å². The van der Waals surface area contributed by atoms with Crippen molar-refractivity contribution >= 4 is 29.8 Å². The zero-order chi connectivity index (χ0) is 31.8. The smallest absolute Gasteiger partial charge is 0 e. The van der Waals surface area contributed by atoms with Crippen LogP contribution >= 0.6 is 0 Å². The molecule has 0 fully saturated rings. The van der Waals surface area contributed by atoms with Gasteiger partial charge in [0, 0.05) is 38.0 Å². The van der Waals surface area contributed by atoms with Crippen molar-refractivity contribution in [1.29, 1.82) is 0 Å². The maximum Gasteiger partial charge on any atom is 0 e. The summed E-state index contributed by atoms with van der Waals surface area (Å²) in [6.07, 6.45) is 6.72. The molecule has 0 bridgehead atoms. The molecule has 0 saturated carbocycles. The third-order valence-corrected chi connectivity index (χ3v) is 9.54. The van der Waals surface area contributed by atoms with Gasteiger partial charge < -0.3 is 5.11 Å². The van der Waals surface area contributed by atoms with E-state index < -0.39 is 18.5 Å². The largest absolute Gasteiger partial charge is 0 e. The molecule has 3 aromatic rings. The third kappa shape index (κ3) is 11.1. The van der Waals surface area contributed by atoms with E-state index in [1.165, 1.54) is 17.0 Å². The number of carbonyl (C=O) groups excluding carboxylic acids is 1. The first kappa shape index (κ1) is 33.8. The monoisotopic (exact) mass is 799 g/mol. The second-order valence-electron chi connectivity index (χ2n) is 12.1. The number of hydrogen-bond donors (Lipinski definition) is 1. The topological polar surface area (TPSA) is 50.2 Å². The Hall–Kier alpha value is -1.75. The summed E-state index contributed by atoms with van der Waals surface area (Å²) in [5, 5.41) is 10.8. The molecular weight excluding hydrogens is 743 g/mol. The van der Waals surface area contributed by atoms with Gasteiger partial charge in [0.1, 0.15) is 0 Å². The number of ketones is 1. The van der Waals surface area contributed by atoms with E-state index in [0.717, 1.165) is 53.5 Å². The average Bonchev–Trinajstić information content (AvgIpc) is 2.93. The fourth-order valence-electron chi connectivity index (χ4n) is 4.86. The van der Waals surface area contributed by atoms with Gasteiger partial charge in [-0.15, -0.1) is 0 Å². The molecule has 1 heterocycles. The van der Waals surface area contributed by atoms with E-state index in [1.54, 1.807) is 0 Å². The van der Waals surface area contributed by atoms with Crippen molar-refractivity contribution in [3.8, 4) is 11.3 Å². The first-order valence-corrected chi connectivity index (χ1v) is 22.3. The predicted molar refractivity (Wildman–Crippen MR) is 176 cm³/mol. The Labute approximate surface area is 269 Å². The summed E-state index contributed by atoms with van der Waals surface area (Å²) in [5.41, 5.74) is 4.73. The van der Waals surface area contributed by atoms with Gasteiger partial charge in [-0.3, -0.25) is 4.79 Å². The minimum atomic E-state index is -2.60. The Morgan fingerprint density at radius 2 is 1.61 bits per heavy atom. The Morgan fingerprint density at radius 1 is 1.02 bits per heavy atom. The molecule has 5 heteroatoms. The number of fused-ring (bicyclic) bond motifs is 1. The van der Waals surface area contributed by atoms with E-state index in [9.17, 15) is 9.90 Å². The van der Waals surface area contributed by atoms with Crippen LogP contribution in [0.2, 0.25) is 17.3 Å². The summed E-state index contributed by atoms with van der Waals surface area (Å²) in [6.45, 7) is 14.4. The Kier molecular flexibility index (Phi) is 14.3. The van der Waals surface area contributed by atoms with Crippen LogP contribution in [0.1, 0.15) is 92.6 Å². The van der Waals surface area contributed by atoms with Gasteiger partial charge in [0.15, 0.2) is 5.78 Å². The third-order valence-electron chi connectivity index (χ3n) is 7.40. The normalized spacial score (nSPS) is 13.0. The van der Waals surface area contributed by atoms with Gasteiger partial charge >= 0.3 is 158 Å². The number of rotatable bonds is 11. The van der Waals surface area contributed by atoms with Gasteiger partial charge in [-0.25, -0.2) is 0 Å². The SMILES string of the molecule is CCC(CC)C(=O)/C=C(\O)C(CC)CC.[2H][C]([2H])(c1cc(-c2[c-]c3ccccc3c(C(C)C)c2)ncc1C)[Ge]([CH3])([CH3])[CH3].[Ir]. The predicted octanol–water partition coefficient (Wildman–Crippen LogP) is 10.4. The van der Waals surface area contributed by atoms with Gasteiger partial charge in [-0.05, 0) is 25.7 Å². The van der Waals surface area contributed by atoms with E-state index in [4.69, 9.17) is 2.74 Å². The minimum absolute atomic E-state index is 0. The van der Waals surface area contributed by atoms with Gasteiger partial charge in [0.2, 0.25) is 0 Å². The molecule has 1 N–H and O–H groups in total. The molecule has 0 aliphatic heterocycles. The number of aryl methyl sites for hydroxylation is 1. The number of carbonyl (C=O) groups is 1. The fraction of sp³-hybridized carbons (Fsp3) is 0.500. The number of pyridine rings is 1. The van der Waals surface area contributed by atoms with Crippen LogP contribution in [-0.2, 0) is 30.1 Å². The first-order valence-electron chi connectivity index (χ1n) is 16.0. The second kappa shape index (κ2) is 17.4. The maximum atomic E-state index is 11.7. The van der Waals surface area contributed by atoms with Crippen molar-refractivity contribution < 1.29 is 32.7 Å². The summed E-state index contributed by atoms with van der Waals surface area (Å²) in [4.78, 5) is 16.4. The molecule has 2 aromatic carbocycles. The average molecular weight is 798 g/mol. The summed E-state index contributed by atoms with van der Waals surface area (Å²) in [5.74, 6) is 7.31. The minimum Gasteiger partial charge on any atom is 0 e. The quantitative estimate of drug-likeness (QED) is 0.0910. The van der Waals surface area contributed by atoms with Crippen molar-refractivity contribution in [3.05, 3.63) is 77.2 Å². The first-order chi connectivity index (χ1) is 19.6. The van der Waals surface area contributed by atoms with Crippen molar-refractivity contribution in [2.45, 2.75) is 103 Å². The van der Waals surface area contributed by atoms with Gasteiger partial charge in [0.05, 0.1) is 5.76 Å². The summed E-state index contributed by atoms with van der Waals surface area (Å²) in [6, 6.07) is 16.0. The number of aliphatic hydroxyl groups is 1. The Balaban J connectivity index is 0.000000497. The molecular formula is C36H52GeIrNO2-. The van der Waals surface area contributed by atoms with E-state index in [2.05, 4.69) is 66.4 Å². The summed E-state index contributed by atoms with van der Waals surface area (Å²) >= 11 is -2.60. The van der Waals surface area contributed by atoms with Crippen molar-refractivity contribution in [2.24, 2.45) is 11.8 Å². The number of benzene rings is 2.